The maximum Gasteiger partial charge on any atom is 0.263 e. The van der Waals surface area contributed by atoms with E-state index < -0.39 is 0 Å². The van der Waals surface area contributed by atoms with Gasteiger partial charge in [0, 0.05) is 10.5 Å². The lowest BCUT2D eigenvalue weighted by molar-refractivity contribution is -0.118. The topological polar surface area (TPSA) is 56.1 Å². The summed E-state index contributed by atoms with van der Waals surface area (Å²) < 4.78 is 8.41. The minimum absolute atomic E-state index is 0.0492. The molecule has 0 unspecified atom stereocenters. The standard InChI is InChI=1S/C20H20BrN3O2/c1-14-6-7-15(2)18(10-14)26-13-20(25)23-19-8-9-22-24(19)12-16-4-3-5-17(21)11-16/h3-11H,12-13H2,1-2H3,(H,23,25). The van der Waals surface area contributed by atoms with Crippen LogP contribution in [0.25, 0.3) is 0 Å². The number of hydrogen-bond donors (Lipinski definition) is 1. The first-order chi connectivity index (χ1) is 12.5. The molecule has 0 atom stereocenters. The highest BCUT2D eigenvalue weighted by molar-refractivity contribution is 9.10. The second-order valence-electron chi connectivity index (χ2n) is 6.11. The van der Waals surface area contributed by atoms with Gasteiger partial charge < -0.3 is 10.1 Å². The van der Waals surface area contributed by atoms with Gasteiger partial charge in [-0.15, -0.1) is 0 Å². The second kappa shape index (κ2) is 8.19. The fourth-order valence-corrected chi connectivity index (χ4v) is 3.00. The van der Waals surface area contributed by atoms with Gasteiger partial charge >= 0.3 is 0 Å². The monoisotopic (exact) mass is 413 g/mol. The molecule has 0 aliphatic rings. The summed E-state index contributed by atoms with van der Waals surface area (Å²) in [6.45, 7) is 4.47. The Bertz CT molecular complexity index is 921. The van der Waals surface area contributed by atoms with E-state index in [1.807, 2.05) is 56.3 Å². The van der Waals surface area contributed by atoms with Crippen molar-refractivity contribution in [3.05, 3.63) is 75.9 Å². The van der Waals surface area contributed by atoms with Crippen LogP contribution in [0.5, 0.6) is 5.75 Å². The van der Waals surface area contributed by atoms with Crippen LogP contribution in [0.2, 0.25) is 0 Å². The Kier molecular flexibility index (Phi) is 5.73. The Morgan fingerprint density at radius 1 is 1.19 bits per heavy atom. The van der Waals surface area contributed by atoms with Crippen LogP contribution in [0.3, 0.4) is 0 Å². The van der Waals surface area contributed by atoms with Gasteiger partial charge in [-0.05, 0) is 48.7 Å². The molecular formula is C20H20BrN3O2. The van der Waals surface area contributed by atoms with E-state index in [9.17, 15) is 4.79 Å². The summed E-state index contributed by atoms with van der Waals surface area (Å²) in [5.74, 6) is 1.14. The molecule has 0 saturated heterocycles. The average Bonchev–Trinajstić information content (AvgIpc) is 3.02. The van der Waals surface area contributed by atoms with Gasteiger partial charge in [0.2, 0.25) is 0 Å². The molecule has 1 amide bonds. The Morgan fingerprint density at radius 3 is 2.85 bits per heavy atom. The summed E-state index contributed by atoms with van der Waals surface area (Å²) in [7, 11) is 0. The quantitative estimate of drug-likeness (QED) is 0.654. The molecule has 3 rings (SSSR count). The van der Waals surface area contributed by atoms with Crippen molar-refractivity contribution in [3.63, 3.8) is 0 Å². The summed E-state index contributed by atoms with van der Waals surface area (Å²) in [6.07, 6.45) is 1.67. The molecule has 0 saturated carbocycles. The lowest BCUT2D eigenvalue weighted by Crippen LogP contribution is -2.22. The Balaban J connectivity index is 1.61. The van der Waals surface area contributed by atoms with Crippen molar-refractivity contribution < 1.29 is 9.53 Å². The summed E-state index contributed by atoms with van der Waals surface area (Å²) >= 11 is 3.46. The summed E-state index contributed by atoms with van der Waals surface area (Å²) in [5.41, 5.74) is 3.19. The Hall–Kier alpha value is -2.60. The third-order valence-corrected chi connectivity index (χ3v) is 4.40. The van der Waals surface area contributed by atoms with E-state index in [0.717, 1.165) is 26.9 Å². The third-order valence-electron chi connectivity index (χ3n) is 3.91. The number of hydrogen-bond acceptors (Lipinski definition) is 3. The van der Waals surface area contributed by atoms with E-state index >= 15 is 0 Å². The fourth-order valence-electron chi connectivity index (χ4n) is 2.56. The number of ether oxygens (including phenoxy) is 1. The molecule has 6 heteroatoms. The number of rotatable bonds is 6. The van der Waals surface area contributed by atoms with E-state index in [1.54, 1.807) is 16.9 Å². The number of benzene rings is 2. The zero-order valence-electron chi connectivity index (χ0n) is 14.7. The predicted molar refractivity (Wildman–Crippen MR) is 106 cm³/mol. The minimum atomic E-state index is -0.220. The van der Waals surface area contributed by atoms with Crippen molar-refractivity contribution in [1.82, 2.24) is 9.78 Å². The van der Waals surface area contributed by atoms with E-state index in [0.29, 0.717) is 12.4 Å². The number of carbonyl (C=O) groups is 1. The number of nitrogens with zero attached hydrogens (tertiary/aromatic N) is 2. The van der Waals surface area contributed by atoms with Crippen LogP contribution in [0.1, 0.15) is 16.7 Å². The van der Waals surface area contributed by atoms with Crippen LogP contribution in [-0.4, -0.2) is 22.3 Å². The molecule has 0 aliphatic heterocycles. The molecule has 5 nitrogen and oxygen atoms in total. The summed E-state index contributed by atoms with van der Waals surface area (Å²) in [5, 5.41) is 7.14. The molecule has 0 fully saturated rings. The van der Waals surface area contributed by atoms with Gasteiger partial charge in [-0.1, -0.05) is 40.2 Å². The first-order valence-electron chi connectivity index (χ1n) is 8.27. The van der Waals surface area contributed by atoms with Crippen molar-refractivity contribution >= 4 is 27.7 Å². The zero-order valence-corrected chi connectivity index (χ0v) is 16.3. The first kappa shape index (κ1) is 18.2. The SMILES string of the molecule is Cc1ccc(C)c(OCC(=O)Nc2ccnn2Cc2cccc(Br)c2)c1. The smallest absolute Gasteiger partial charge is 0.263 e. The lowest BCUT2D eigenvalue weighted by atomic mass is 10.1. The number of halogens is 1. The van der Waals surface area contributed by atoms with Gasteiger partial charge in [0.15, 0.2) is 6.61 Å². The number of aryl methyl sites for hydroxylation is 2. The number of aromatic nitrogens is 2. The molecule has 0 spiro atoms. The van der Waals surface area contributed by atoms with Gasteiger partial charge in [0.05, 0.1) is 12.7 Å². The highest BCUT2D eigenvalue weighted by atomic mass is 79.9. The van der Waals surface area contributed by atoms with Gasteiger partial charge in [-0.2, -0.15) is 5.10 Å². The van der Waals surface area contributed by atoms with Gasteiger partial charge in [0.25, 0.3) is 5.91 Å². The summed E-state index contributed by atoms with van der Waals surface area (Å²) in [4.78, 5) is 12.3. The number of anilines is 1. The molecule has 0 aliphatic carbocycles. The van der Waals surface area contributed by atoms with Crippen molar-refractivity contribution in [1.29, 1.82) is 0 Å². The first-order valence-corrected chi connectivity index (χ1v) is 9.07. The van der Waals surface area contributed by atoms with Crippen molar-refractivity contribution in [2.24, 2.45) is 0 Å². The van der Waals surface area contributed by atoms with Crippen molar-refractivity contribution in [2.75, 3.05) is 11.9 Å². The Labute approximate surface area is 161 Å². The average molecular weight is 414 g/mol. The fraction of sp³-hybridized carbons (Fsp3) is 0.200. The number of amides is 1. The van der Waals surface area contributed by atoms with Crippen molar-refractivity contribution in [3.8, 4) is 5.75 Å². The summed E-state index contributed by atoms with van der Waals surface area (Å²) in [6, 6.07) is 15.7. The van der Waals surface area contributed by atoms with Gasteiger partial charge in [0.1, 0.15) is 11.6 Å². The Morgan fingerprint density at radius 2 is 2.04 bits per heavy atom. The molecule has 0 bridgehead atoms. The second-order valence-corrected chi connectivity index (χ2v) is 7.03. The third kappa shape index (κ3) is 4.73. The zero-order chi connectivity index (χ0) is 18.5. The molecule has 1 aromatic heterocycles. The largest absolute Gasteiger partial charge is 0.483 e. The maximum absolute atomic E-state index is 12.3. The highest BCUT2D eigenvalue weighted by Gasteiger charge is 2.10. The van der Waals surface area contributed by atoms with Gasteiger partial charge in [-0.25, -0.2) is 4.68 Å². The molecular weight excluding hydrogens is 394 g/mol. The molecule has 134 valence electrons. The van der Waals surface area contributed by atoms with Crippen LogP contribution in [0.15, 0.2) is 59.2 Å². The predicted octanol–water partition coefficient (Wildman–Crippen LogP) is 4.33. The van der Waals surface area contributed by atoms with Crippen LogP contribution >= 0.6 is 15.9 Å². The van der Waals surface area contributed by atoms with Crippen LogP contribution < -0.4 is 10.1 Å². The van der Waals surface area contributed by atoms with E-state index in [2.05, 4.69) is 26.3 Å². The molecule has 26 heavy (non-hydrogen) atoms. The maximum atomic E-state index is 12.3. The molecule has 1 heterocycles. The number of carbonyl (C=O) groups excluding carboxylic acids is 1. The lowest BCUT2D eigenvalue weighted by Gasteiger charge is -2.12. The highest BCUT2D eigenvalue weighted by Crippen LogP contribution is 2.19. The van der Waals surface area contributed by atoms with Crippen LogP contribution in [0.4, 0.5) is 5.82 Å². The van der Waals surface area contributed by atoms with Gasteiger partial charge in [-0.3, -0.25) is 4.79 Å². The van der Waals surface area contributed by atoms with Crippen LogP contribution in [-0.2, 0) is 11.3 Å². The van der Waals surface area contributed by atoms with E-state index in [-0.39, 0.29) is 12.5 Å². The van der Waals surface area contributed by atoms with Crippen LogP contribution in [0, 0.1) is 13.8 Å². The minimum Gasteiger partial charge on any atom is -0.483 e. The van der Waals surface area contributed by atoms with E-state index in [1.165, 1.54) is 0 Å². The normalized spacial score (nSPS) is 10.6. The molecule has 0 radical (unpaired) electrons. The molecule has 2 aromatic carbocycles. The number of nitrogens with one attached hydrogen (secondary N) is 1. The molecule has 1 N–H and O–H groups in total. The molecule has 3 aromatic rings. The van der Waals surface area contributed by atoms with E-state index in [4.69, 9.17) is 4.74 Å². The van der Waals surface area contributed by atoms with Crippen molar-refractivity contribution in [2.45, 2.75) is 20.4 Å².